The standard InChI is InChI=1S/C19H27N5O/c1-13-3-4-14-15(9-13)23-17(22-14)11-24(2)18(25)16-10-19(12-21-16)5-7-20-8-6-19/h3-4,9,16,20-21H,5-8,10-12H2,1-2H3,(H,22,23)/t16-/m1/s1. The summed E-state index contributed by atoms with van der Waals surface area (Å²) in [5, 5.41) is 6.88. The van der Waals surface area contributed by atoms with E-state index in [1.165, 1.54) is 5.56 Å². The van der Waals surface area contributed by atoms with Gasteiger partial charge >= 0.3 is 0 Å². The molecular weight excluding hydrogens is 314 g/mol. The number of nitrogens with one attached hydrogen (secondary N) is 3. The summed E-state index contributed by atoms with van der Waals surface area (Å²) in [4.78, 5) is 22.6. The number of aromatic nitrogens is 2. The molecule has 2 aliphatic heterocycles. The second-order valence-corrected chi connectivity index (χ2v) is 7.79. The Morgan fingerprint density at radius 3 is 2.96 bits per heavy atom. The van der Waals surface area contributed by atoms with E-state index in [4.69, 9.17) is 0 Å². The van der Waals surface area contributed by atoms with E-state index in [0.29, 0.717) is 12.0 Å². The number of piperidine rings is 1. The number of fused-ring (bicyclic) bond motifs is 1. The molecule has 134 valence electrons. The van der Waals surface area contributed by atoms with Gasteiger partial charge in [0.15, 0.2) is 0 Å². The summed E-state index contributed by atoms with van der Waals surface area (Å²) in [6.07, 6.45) is 3.28. The Kier molecular flexibility index (Phi) is 4.25. The van der Waals surface area contributed by atoms with Crippen LogP contribution in [0.2, 0.25) is 0 Å². The van der Waals surface area contributed by atoms with Crippen LogP contribution in [0.5, 0.6) is 0 Å². The van der Waals surface area contributed by atoms with E-state index in [2.05, 4.69) is 39.7 Å². The van der Waals surface area contributed by atoms with Gasteiger partial charge in [-0.05, 0) is 62.4 Å². The van der Waals surface area contributed by atoms with E-state index in [-0.39, 0.29) is 11.9 Å². The van der Waals surface area contributed by atoms with Gasteiger partial charge < -0.3 is 20.5 Å². The molecule has 3 N–H and O–H groups in total. The van der Waals surface area contributed by atoms with Gasteiger partial charge in [0.1, 0.15) is 5.82 Å². The molecule has 0 unspecified atom stereocenters. The number of hydrogen-bond acceptors (Lipinski definition) is 4. The summed E-state index contributed by atoms with van der Waals surface area (Å²) in [6, 6.07) is 6.11. The third kappa shape index (κ3) is 3.28. The van der Waals surface area contributed by atoms with Gasteiger partial charge in [0.05, 0.1) is 23.6 Å². The fourth-order valence-corrected chi connectivity index (χ4v) is 4.25. The van der Waals surface area contributed by atoms with Crippen molar-refractivity contribution in [2.24, 2.45) is 5.41 Å². The third-order valence-corrected chi connectivity index (χ3v) is 5.77. The van der Waals surface area contributed by atoms with Crippen molar-refractivity contribution >= 4 is 16.9 Å². The predicted octanol–water partition coefficient (Wildman–Crippen LogP) is 1.56. The Bertz CT molecular complexity index is 777. The molecule has 1 amide bonds. The predicted molar refractivity (Wildman–Crippen MR) is 98.2 cm³/mol. The van der Waals surface area contributed by atoms with E-state index in [0.717, 1.165) is 55.8 Å². The normalized spacial score (nSPS) is 22.6. The largest absolute Gasteiger partial charge is 0.340 e. The van der Waals surface area contributed by atoms with Crippen molar-refractivity contribution in [1.82, 2.24) is 25.5 Å². The van der Waals surface area contributed by atoms with Crippen LogP contribution < -0.4 is 10.6 Å². The van der Waals surface area contributed by atoms with Gasteiger partial charge in [0.2, 0.25) is 5.91 Å². The fraction of sp³-hybridized carbons (Fsp3) is 0.579. The molecule has 1 aromatic heterocycles. The average molecular weight is 341 g/mol. The lowest BCUT2D eigenvalue weighted by Crippen LogP contribution is -2.41. The molecule has 4 rings (SSSR count). The molecule has 0 saturated carbocycles. The number of nitrogens with zero attached hydrogens (tertiary/aromatic N) is 2. The van der Waals surface area contributed by atoms with Crippen molar-refractivity contribution in [1.29, 1.82) is 0 Å². The smallest absolute Gasteiger partial charge is 0.239 e. The number of hydrogen-bond donors (Lipinski definition) is 3. The van der Waals surface area contributed by atoms with Gasteiger partial charge in [-0.2, -0.15) is 0 Å². The molecule has 25 heavy (non-hydrogen) atoms. The molecule has 0 radical (unpaired) electrons. The molecule has 6 nitrogen and oxygen atoms in total. The summed E-state index contributed by atoms with van der Waals surface area (Å²) in [7, 11) is 1.87. The maximum absolute atomic E-state index is 12.9. The van der Waals surface area contributed by atoms with Crippen LogP contribution in [-0.2, 0) is 11.3 Å². The van der Waals surface area contributed by atoms with Gasteiger partial charge in [-0.25, -0.2) is 4.98 Å². The Balaban J connectivity index is 1.41. The minimum absolute atomic E-state index is 0.0604. The summed E-state index contributed by atoms with van der Waals surface area (Å²) in [5.41, 5.74) is 3.50. The Morgan fingerprint density at radius 2 is 2.16 bits per heavy atom. The second kappa shape index (κ2) is 6.42. The van der Waals surface area contributed by atoms with E-state index < -0.39 is 0 Å². The quantitative estimate of drug-likeness (QED) is 0.792. The van der Waals surface area contributed by atoms with Crippen molar-refractivity contribution in [2.75, 3.05) is 26.7 Å². The first kappa shape index (κ1) is 16.5. The number of aromatic amines is 1. The zero-order chi connectivity index (χ0) is 17.4. The monoisotopic (exact) mass is 341 g/mol. The number of H-pyrrole nitrogens is 1. The molecule has 3 heterocycles. The molecule has 0 bridgehead atoms. The van der Waals surface area contributed by atoms with Crippen molar-refractivity contribution in [3.8, 4) is 0 Å². The van der Waals surface area contributed by atoms with Crippen LogP contribution in [0.3, 0.4) is 0 Å². The molecule has 1 spiro atoms. The highest BCUT2D eigenvalue weighted by molar-refractivity contribution is 5.82. The van der Waals surface area contributed by atoms with Gasteiger partial charge in [-0.1, -0.05) is 6.07 Å². The lowest BCUT2D eigenvalue weighted by atomic mass is 9.77. The van der Waals surface area contributed by atoms with Crippen LogP contribution in [0, 0.1) is 12.3 Å². The Labute approximate surface area is 148 Å². The lowest BCUT2D eigenvalue weighted by molar-refractivity contribution is -0.132. The van der Waals surface area contributed by atoms with Crippen molar-refractivity contribution in [3.05, 3.63) is 29.6 Å². The summed E-state index contributed by atoms with van der Waals surface area (Å²) >= 11 is 0. The lowest BCUT2D eigenvalue weighted by Gasteiger charge is -2.33. The van der Waals surface area contributed by atoms with Gasteiger partial charge in [0, 0.05) is 13.6 Å². The first-order valence-corrected chi connectivity index (χ1v) is 9.19. The zero-order valence-electron chi connectivity index (χ0n) is 15.1. The highest BCUT2D eigenvalue weighted by Gasteiger charge is 2.42. The van der Waals surface area contributed by atoms with Crippen LogP contribution in [0.4, 0.5) is 0 Å². The second-order valence-electron chi connectivity index (χ2n) is 7.79. The number of carbonyl (C=O) groups is 1. The van der Waals surface area contributed by atoms with Gasteiger partial charge in [-0.3, -0.25) is 4.79 Å². The Hall–Kier alpha value is -1.92. The van der Waals surface area contributed by atoms with Gasteiger partial charge in [-0.15, -0.1) is 0 Å². The molecule has 2 fully saturated rings. The number of imidazole rings is 1. The highest BCUT2D eigenvalue weighted by atomic mass is 16.2. The van der Waals surface area contributed by atoms with E-state index in [9.17, 15) is 4.79 Å². The minimum atomic E-state index is -0.0604. The van der Waals surface area contributed by atoms with E-state index in [1.54, 1.807) is 4.90 Å². The molecule has 1 atom stereocenters. The van der Waals surface area contributed by atoms with Crippen molar-refractivity contribution in [2.45, 2.75) is 38.8 Å². The highest BCUT2D eigenvalue weighted by Crippen LogP contribution is 2.37. The molecule has 1 aromatic carbocycles. The number of amides is 1. The first-order chi connectivity index (χ1) is 12.0. The first-order valence-electron chi connectivity index (χ1n) is 9.19. The molecule has 0 aliphatic carbocycles. The minimum Gasteiger partial charge on any atom is -0.340 e. The topological polar surface area (TPSA) is 73.1 Å². The number of carbonyl (C=O) groups excluding carboxylic acids is 1. The maximum atomic E-state index is 12.9. The van der Waals surface area contributed by atoms with Crippen LogP contribution in [0.15, 0.2) is 18.2 Å². The Morgan fingerprint density at radius 1 is 1.36 bits per heavy atom. The average Bonchev–Trinajstić information content (AvgIpc) is 3.18. The number of benzene rings is 1. The molecular formula is C19H27N5O. The maximum Gasteiger partial charge on any atom is 0.239 e. The van der Waals surface area contributed by atoms with E-state index >= 15 is 0 Å². The molecule has 2 saturated heterocycles. The van der Waals surface area contributed by atoms with Crippen molar-refractivity contribution < 1.29 is 4.79 Å². The summed E-state index contributed by atoms with van der Waals surface area (Å²) in [6.45, 7) is 5.67. The van der Waals surface area contributed by atoms with Crippen LogP contribution in [-0.4, -0.2) is 53.5 Å². The number of aryl methyl sites for hydroxylation is 1. The third-order valence-electron chi connectivity index (χ3n) is 5.77. The van der Waals surface area contributed by atoms with E-state index in [1.807, 2.05) is 13.1 Å². The van der Waals surface area contributed by atoms with Crippen LogP contribution >= 0.6 is 0 Å². The summed E-state index contributed by atoms with van der Waals surface area (Å²) in [5.74, 6) is 1.01. The molecule has 2 aliphatic rings. The van der Waals surface area contributed by atoms with Crippen molar-refractivity contribution in [3.63, 3.8) is 0 Å². The van der Waals surface area contributed by atoms with Crippen LogP contribution in [0.1, 0.15) is 30.7 Å². The summed E-state index contributed by atoms with van der Waals surface area (Å²) < 4.78 is 0. The van der Waals surface area contributed by atoms with Crippen LogP contribution in [0.25, 0.3) is 11.0 Å². The molecule has 2 aromatic rings. The molecule has 6 heteroatoms. The zero-order valence-corrected chi connectivity index (χ0v) is 15.1. The fourth-order valence-electron chi connectivity index (χ4n) is 4.25. The number of likely N-dealkylation sites (N-methyl/N-ethyl adjacent to an activating group) is 1. The number of rotatable bonds is 3. The van der Waals surface area contributed by atoms with Gasteiger partial charge in [0.25, 0.3) is 0 Å². The SMILES string of the molecule is Cc1ccc2nc(CN(C)C(=O)[C@H]3CC4(CCNCC4)CN3)[nH]c2c1.